The molecule has 0 radical (unpaired) electrons. The van der Waals surface area contributed by atoms with Crippen molar-refractivity contribution in [2.45, 2.75) is 32.9 Å². The molecule has 1 aromatic carbocycles. The van der Waals surface area contributed by atoms with Crippen molar-refractivity contribution in [3.05, 3.63) is 47.8 Å². The second-order valence-corrected chi connectivity index (χ2v) is 5.82. The third-order valence-corrected chi connectivity index (χ3v) is 3.33. The number of carbonyl (C=O) groups is 1. The van der Waals surface area contributed by atoms with Gasteiger partial charge in [0.2, 0.25) is 0 Å². The SMILES string of the molecule is CC(C)CC(CN)NC(=O)c1cn(Cc2ccccc2)nn1.Cl. The highest BCUT2D eigenvalue weighted by atomic mass is 35.5. The number of nitrogens with one attached hydrogen (secondary N) is 1. The highest BCUT2D eigenvalue weighted by molar-refractivity contribution is 5.92. The number of aromatic nitrogens is 3. The predicted octanol–water partition coefficient (Wildman–Crippen LogP) is 1.85. The molecule has 0 spiro atoms. The number of amides is 1. The van der Waals surface area contributed by atoms with Gasteiger partial charge in [-0.1, -0.05) is 49.4 Å². The maximum atomic E-state index is 12.2. The Bertz CT molecular complexity index is 600. The van der Waals surface area contributed by atoms with Crippen LogP contribution in [-0.4, -0.2) is 33.5 Å². The molecule has 1 amide bonds. The standard InChI is InChI=1S/C16H23N5O.ClH/c1-12(2)8-14(9-17)18-16(22)15-11-21(20-19-15)10-13-6-4-3-5-7-13;/h3-7,11-12,14H,8-10,17H2,1-2H3,(H,18,22);1H. The van der Waals surface area contributed by atoms with E-state index in [2.05, 4.69) is 29.5 Å². The summed E-state index contributed by atoms with van der Waals surface area (Å²) in [6.45, 7) is 5.21. The first kappa shape index (κ1) is 19.1. The summed E-state index contributed by atoms with van der Waals surface area (Å²) < 4.78 is 1.66. The Balaban J connectivity index is 0.00000264. The average Bonchev–Trinajstić information content (AvgIpc) is 2.95. The van der Waals surface area contributed by atoms with E-state index in [1.54, 1.807) is 10.9 Å². The van der Waals surface area contributed by atoms with Crippen molar-refractivity contribution >= 4 is 18.3 Å². The van der Waals surface area contributed by atoms with Gasteiger partial charge in [0.05, 0.1) is 12.7 Å². The van der Waals surface area contributed by atoms with Crippen molar-refractivity contribution in [3.8, 4) is 0 Å². The van der Waals surface area contributed by atoms with Crippen LogP contribution in [0.5, 0.6) is 0 Å². The molecule has 0 saturated carbocycles. The van der Waals surface area contributed by atoms with Gasteiger partial charge < -0.3 is 11.1 Å². The summed E-state index contributed by atoms with van der Waals surface area (Å²) in [4.78, 5) is 12.2. The van der Waals surface area contributed by atoms with Gasteiger partial charge in [0.15, 0.2) is 5.69 Å². The van der Waals surface area contributed by atoms with E-state index in [4.69, 9.17) is 5.73 Å². The maximum Gasteiger partial charge on any atom is 0.273 e. The first-order valence-corrected chi connectivity index (χ1v) is 7.53. The number of nitrogens with two attached hydrogens (primary N) is 1. The second kappa shape index (κ2) is 9.27. The van der Waals surface area contributed by atoms with E-state index in [1.807, 2.05) is 30.3 Å². The molecule has 7 heteroatoms. The number of halogens is 1. The molecular weight excluding hydrogens is 314 g/mol. The molecule has 2 aromatic rings. The van der Waals surface area contributed by atoms with Gasteiger partial charge in [0.25, 0.3) is 5.91 Å². The molecule has 126 valence electrons. The minimum absolute atomic E-state index is 0. The summed E-state index contributed by atoms with van der Waals surface area (Å²) in [6.07, 6.45) is 2.51. The van der Waals surface area contributed by atoms with Crippen LogP contribution in [0.3, 0.4) is 0 Å². The van der Waals surface area contributed by atoms with Crippen LogP contribution < -0.4 is 11.1 Å². The molecule has 23 heavy (non-hydrogen) atoms. The van der Waals surface area contributed by atoms with Crippen LogP contribution in [0.25, 0.3) is 0 Å². The molecule has 1 atom stereocenters. The summed E-state index contributed by atoms with van der Waals surface area (Å²) in [6, 6.07) is 9.88. The van der Waals surface area contributed by atoms with Crippen LogP contribution in [0.4, 0.5) is 0 Å². The Kier molecular flexibility index (Phi) is 7.71. The summed E-state index contributed by atoms with van der Waals surface area (Å²) in [7, 11) is 0. The maximum absolute atomic E-state index is 12.2. The van der Waals surface area contributed by atoms with Crippen LogP contribution >= 0.6 is 12.4 Å². The fourth-order valence-corrected chi connectivity index (χ4v) is 2.29. The van der Waals surface area contributed by atoms with E-state index in [9.17, 15) is 4.79 Å². The van der Waals surface area contributed by atoms with Crippen molar-refractivity contribution in [2.24, 2.45) is 11.7 Å². The minimum atomic E-state index is -0.226. The van der Waals surface area contributed by atoms with Crippen LogP contribution in [0.2, 0.25) is 0 Å². The van der Waals surface area contributed by atoms with Crippen molar-refractivity contribution in [1.29, 1.82) is 0 Å². The third kappa shape index (κ3) is 6.00. The first-order chi connectivity index (χ1) is 10.6. The summed E-state index contributed by atoms with van der Waals surface area (Å²) in [5.41, 5.74) is 7.13. The molecule has 1 unspecified atom stereocenters. The Morgan fingerprint density at radius 2 is 2.00 bits per heavy atom. The zero-order valence-electron chi connectivity index (χ0n) is 13.5. The zero-order chi connectivity index (χ0) is 15.9. The second-order valence-electron chi connectivity index (χ2n) is 5.82. The van der Waals surface area contributed by atoms with Gasteiger partial charge in [0, 0.05) is 12.6 Å². The van der Waals surface area contributed by atoms with Crippen molar-refractivity contribution < 1.29 is 4.79 Å². The Labute approximate surface area is 142 Å². The molecule has 0 bridgehead atoms. The first-order valence-electron chi connectivity index (χ1n) is 7.53. The molecule has 1 heterocycles. The molecular formula is C16H24ClN5O. The normalized spacial score (nSPS) is 11.8. The van der Waals surface area contributed by atoms with Gasteiger partial charge in [-0.2, -0.15) is 0 Å². The summed E-state index contributed by atoms with van der Waals surface area (Å²) in [5.74, 6) is 0.248. The van der Waals surface area contributed by atoms with Crippen molar-refractivity contribution in [3.63, 3.8) is 0 Å². The van der Waals surface area contributed by atoms with E-state index >= 15 is 0 Å². The molecule has 0 saturated heterocycles. The molecule has 2 rings (SSSR count). The molecule has 3 N–H and O–H groups in total. The highest BCUT2D eigenvalue weighted by Crippen LogP contribution is 2.05. The van der Waals surface area contributed by atoms with Crippen LogP contribution in [0.15, 0.2) is 36.5 Å². The lowest BCUT2D eigenvalue weighted by Crippen LogP contribution is -2.41. The molecule has 1 aromatic heterocycles. The Hall–Kier alpha value is -1.92. The molecule has 0 aliphatic carbocycles. The zero-order valence-corrected chi connectivity index (χ0v) is 14.3. The minimum Gasteiger partial charge on any atom is -0.347 e. The van der Waals surface area contributed by atoms with Gasteiger partial charge in [-0.25, -0.2) is 4.68 Å². The monoisotopic (exact) mass is 337 g/mol. The number of hydrogen-bond donors (Lipinski definition) is 2. The number of carbonyl (C=O) groups excluding carboxylic acids is 1. The Morgan fingerprint density at radius 3 is 2.61 bits per heavy atom. The lowest BCUT2D eigenvalue weighted by atomic mass is 10.0. The largest absolute Gasteiger partial charge is 0.347 e. The van der Waals surface area contributed by atoms with Gasteiger partial charge in [-0.15, -0.1) is 17.5 Å². The van der Waals surface area contributed by atoms with Gasteiger partial charge in [-0.05, 0) is 17.9 Å². The third-order valence-electron chi connectivity index (χ3n) is 3.33. The van der Waals surface area contributed by atoms with Crippen LogP contribution in [0.1, 0.15) is 36.3 Å². The van der Waals surface area contributed by atoms with E-state index in [0.29, 0.717) is 24.7 Å². The fraction of sp³-hybridized carbons (Fsp3) is 0.438. The number of nitrogens with zero attached hydrogens (tertiary/aromatic N) is 3. The van der Waals surface area contributed by atoms with Gasteiger partial charge in [0.1, 0.15) is 0 Å². The van der Waals surface area contributed by atoms with Gasteiger partial charge >= 0.3 is 0 Å². The van der Waals surface area contributed by atoms with E-state index in [-0.39, 0.29) is 24.4 Å². The fourth-order valence-electron chi connectivity index (χ4n) is 2.29. The highest BCUT2D eigenvalue weighted by Gasteiger charge is 2.16. The molecule has 0 fully saturated rings. The number of benzene rings is 1. The lowest BCUT2D eigenvalue weighted by Gasteiger charge is -2.17. The van der Waals surface area contributed by atoms with Crippen LogP contribution in [-0.2, 0) is 6.54 Å². The number of rotatable bonds is 7. The summed E-state index contributed by atoms with van der Waals surface area (Å²) in [5, 5.41) is 10.9. The lowest BCUT2D eigenvalue weighted by molar-refractivity contribution is 0.0928. The van der Waals surface area contributed by atoms with E-state index in [0.717, 1.165) is 12.0 Å². The van der Waals surface area contributed by atoms with E-state index in [1.165, 1.54) is 0 Å². The van der Waals surface area contributed by atoms with E-state index < -0.39 is 0 Å². The Morgan fingerprint density at radius 1 is 1.30 bits per heavy atom. The molecule has 0 aliphatic heterocycles. The predicted molar refractivity (Wildman–Crippen MR) is 92.6 cm³/mol. The smallest absolute Gasteiger partial charge is 0.273 e. The van der Waals surface area contributed by atoms with Crippen molar-refractivity contribution in [2.75, 3.05) is 6.54 Å². The summed E-state index contributed by atoms with van der Waals surface area (Å²) >= 11 is 0. The van der Waals surface area contributed by atoms with Gasteiger partial charge in [-0.3, -0.25) is 4.79 Å². The van der Waals surface area contributed by atoms with Crippen LogP contribution in [0, 0.1) is 5.92 Å². The molecule has 6 nitrogen and oxygen atoms in total. The topological polar surface area (TPSA) is 85.8 Å². The average molecular weight is 338 g/mol. The quantitative estimate of drug-likeness (QED) is 0.807. The van der Waals surface area contributed by atoms with Crippen molar-refractivity contribution in [1.82, 2.24) is 20.3 Å². The number of hydrogen-bond acceptors (Lipinski definition) is 4. The molecule has 0 aliphatic rings.